The highest BCUT2D eigenvalue weighted by Gasteiger charge is 2.50. The average Bonchev–Trinajstić information content (AvgIpc) is 3.14. The largest absolute Gasteiger partial charge is 0.394 e. The van der Waals surface area contributed by atoms with E-state index in [1.165, 1.54) is 57.8 Å². The van der Waals surface area contributed by atoms with Gasteiger partial charge in [0.2, 0.25) is 5.91 Å². The van der Waals surface area contributed by atoms with Crippen molar-refractivity contribution >= 4 is 5.91 Å². The maximum absolute atomic E-state index is 12.8. The number of hydrogen-bond donors (Lipinski definition) is 9. The first-order valence-electron chi connectivity index (χ1n) is 19.9. The fourth-order valence-electron chi connectivity index (χ4n) is 6.58. The molecule has 306 valence electrons. The molecule has 0 aromatic carbocycles. The van der Waals surface area contributed by atoms with Crippen LogP contribution < -0.4 is 5.32 Å². The van der Waals surface area contributed by atoms with E-state index in [4.69, 9.17) is 18.9 Å². The van der Waals surface area contributed by atoms with E-state index in [9.17, 15) is 45.6 Å². The van der Waals surface area contributed by atoms with Gasteiger partial charge in [-0.2, -0.15) is 0 Å². The number of ether oxygens (including phenoxy) is 4. The van der Waals surface area contributed by atoms with Gasteiger partial charge in [0.15, 0.2) is 12.6 Å². The average molecular weight is 750 g/mol. The minimum atomic E-state index is -1.78. The van der Waals surface area contributed by atoms with E-state index >= 15 is 0 Å². The number of carbonyl (C=O) groups is 1. The standard InChI is InChI=1S/C38H71NO13/c1-3-5-7-9-10-11-12-13-14-15-16-18-19-21-27(42)26(39-30(43)22-20-17-8-6-4-2)25-49-37-35(48)33(46)36(29(24-41)51-37)52-38-34(47)32(45)31(44)28(23-40)50-38/h19,21,26-29,31-38,40-42,44-48H,3-18,20,22-25H2,1-2H3,(H,39,43)/b21-19+/t26-,27-,28?,29?,31?,32?,33?,34?,35?,36?,37?,38?/m0/s1. The van der Waals surface area contributed by atoms with Gasteiger partial charge in [-0.05, 0) is 19.3 Å². The number of carbonyl (C=O) groups excluding carboxylic acids is 1. The minimum Gasteiger partial charge on any atom is -0.394 e. The Morgan fingerprint density at radius 3 is 1.77 bits per heavy atom. The molecule has 14 heteroatoms. The number of nitrogens with one attached hydrogen (secondary N) is 1. The topological polar surface area (TPSA) is 228 Å². The summed E-state index contributed by atoms with van der Waals surface area (Å²) in [6.45, 7) is 2.64. The molecule has 2 saturated heterocycles. The highest BCUT2D eigenvalue weighted by atomic mass is 16.7. The fraction of sp³-hybridized carbons (Fsp3) is 0.921. The van der Waals surface area contributed by atoms with Crippen LogP contribution in [0.3, 0.4) is 0 Å². The zero-order chi connectivity index (χ0) is 38.3. The molecule has 0 saturated carbocycles. The van der Waals surface area contributed by atoms with E-state index in [1.54, 1.807) is 6.08 Å². The molecule has 0 spiro atoms. The summed E-state index contributed by atoms with van der Waals surface area (Å²) >= 11 is 0. The third-order valence-electron chi connectivity index (χ3n) is 9.97. The van der Waals surface area contributed by atoms with Gasteiger partial charge in [-0.15, -0.1) is 0 Å². The molecule has 2 rings (SSSR count). The SMILES string of the molecule is CCCCCCCCCCCCC/C=C/[C@H](O)[C@H](COC1OC(CO)C(OC2OC(CO)C(O)C(O)C2O)C(O)C1O)NC(=O)CCCCCCC. The summed E-state index contributed by atoms with van der Waals surface area (Å²) < 4.78 is 22.5. The van der Waals surface area contributed by atoms with Crippen LogP contribution in [0, 0.1) is 0 Å². The van der Waals surface area contributed by atoms with Gasteiger partial charge in [0.05, 0.1) is 32.0 Å². The monoisotopic (exact) mass is 749 g/mol. The molecular formula is C38H71NO13. The van der Waals surface area contributed by atoms with Crippen LogP contribution in [0.1, 0.15) is 129 Å². The predicted molar refractivity (Wildman–Crippen MR) is 194 cm³/mol. The zero-order valence-electron chi connectivity index (χ0n) is 31.6. The number of rotatable bonds is 28. The Balaban J connectivity index is 1.93. The Hall–Kier alpha value is -1.27. The number of hydrogen-bond acceptors (Lipinski definition) is 13. The number of aliphatic hydroxyl groups is 8. The van der Waals surface area contributed by atoms with E-state index in [2.05, 4.69) is 19.2 Å². The first-order valence-corrected chi connectivity index (χ1v) is 19.9. The molecule has 9 N–H and O–H groups in total. The maximum atomic E-state index is 12.8. The van der Waals surface area contributed by atoms with Crippen molar-refractivity contribution in [3.05, 3.63) is 12.2 Å². The summed E-state index contributed by atoms with van der Waals surface area (Å²) in [6.07, 6.45) is 6.08. The van der Waals surface area contributed by atoms with Crippen molar-refractivity contribution in [1.29, 1.82) is 0 Å². The second kappa shape index (κ2) is 27.3. The number of unbranched alkanes of at least 4 members (excludes halogenated alkanes) is 15. The molecule has 0 aromatic rings. The van der Waals surface area contributed by atoms with Gasteiger partial charge in [0, 0.05) is 6.42 Å². The van der Waals surface area contributed by atoms with Gasteiger partial charge in [0.25, 0.3) is 0 Å². The van der Waals surface area contributed by atoms with Crippen LogP contribution in [0.15, 0.2) is 12.2 Å². The van der Waals surface area contributed by atoms with E-state index in [-0.39, 0.29) is 18.9 Å². The summed E-state index contributed by atoms with van der Waals surface area (Å²) in [5.41, 5.74) is 0. The van der Waals surface area contributed by atoms with Gasteiger partial charge in [0.1, 0.15) is 48.8 Å². The molecule has 2 fully saturated rings. The van der Waals surface area contributed by atoms with Gasteiger partial charge in [-0.25, -0.2) is 0 Å². The predicted octanol–water partition coefficient (Wildman–Crippen LogP) is 2.09. The number of amides is 1. The Morgan fingerprint density at radius 1 is 0.673 bits per heavy atom. The second-order valence-corrected chi connectivity index (χ2v) is 14.4. The van der Waals surface area contributed by atoms with Crippen LogP contribution in [0.5, 0.6) is 0 Å². The van der Waals surface area contributed by atoms with E-state index < -0.39 is 86.8 Å². The highest BCUT2D eigenvalue weighted by Crippen LogP contribution is 2.29. The van der Waals surface area contributed by atoms with Crippen LogP contribution in [-0.4, -0.2) is 140 Å². The van der Waals surface area contributed by atoms with Crippen molar-refractivity contribution in [3.8, 4) is 0 Å². The lowest BCUT2D eigenvalue weighted by Gasteiger charge is -2.46. The van der Waals surface area contributed by atoms with Crippen molar-refractivity contribution in [3.63, 3.8) is 0 Å². The number of aliphatic hydroxyl groups excluding tert-OH is 8. The van der Waals surface area contributed by atoms with Gasteiger partial charge in [-0.1, -0.05) is 116 Å². The van der Waals surface area contributed by atoms with E-state index in [0.717, 1.165) is 44.9 Å². The first-order chi connectivity index (χ1) is 25.1. The molecule has 2 aliphatic rings. The quantitative estimate of drug-likeness (QED) is 0.0413. The van der Waals surface area contributed by atoms with Crippen molar-refractivity contribution in [2.24, 2.45) is 0 Å². The van der Waals surface area contributed by atoms with Crippen LogP contribution in [-0.2, 0) is 23.7 Å². The summed E-state index contributed by atoms with van der Waals surface area (Å²) in [6, 6.07) is -0.902. The van der Waals surface area contributed by atoms with Crippen molar-refractivity contribution in [2.75, 3.05) is 19.8 Å². The van der Waals surface area contributed by atoms with Crippen LogP contribution >= 0.6 is 0 Å². The molecule has 0 aliphatic carbocycles. The molecule has 2 aliphatic heterocycles. The molecule has 14 nitrogen and oxygen atoms in total. The normalized spacial score (nSPS) is 30.8. The molecule has 10 unspecified atom stereocenters. The summed E-state index contributed by atoms with van der Waals surface area (Å²) in [7, 11) is 0. The van der Waals surface area contributed by atoms with E-state index in [1.807, 2.05) is 6.08 Å². The van der Waals surface area contributed by atoms with Gasteiger partial charge >= 0.3 is 0 Å². The summed E-state index contributed by atoms with van der Waals surface area (Å²) in [4.78, 5) is 12.8. The molecule has 1 amide bonds. The molecule has 0 radical (unpaired) electrons. The third-order valence-corrected chi connectivity index (χ3v) is 9.97. The summed E-state index contributed by atoms with van der Waals surface area (Å²) in [5.74, 6) is -0.255. The Bertz CT molecular complexity index is 941. The minimum absolute atomic E-state index is 0.255. The molecule has 12 atom stereocenters. The maximum Gasteiger partial charge on any atom is 0.220 e. The van der Waals surface area contributed by atoms with Gasteiger partial charge < -0.3 is 65.1 Å². The van der Waals surface area contributed by atoms with Crippen molar-refractivity contribution in [2.45, 2.75) is 203 Å². The van der Waals surface area contributed by atoms with Crippen molar-refractivity contribution in [1.82, 2.24) is 5.32 Å². The molecule has 52 heavy (non-hydrogen) atoms. The zero-order valence-corrected chi connectivity index (χ0v) is 31.6. The molecule has 2 heterocycles. The van der Waals surface area contributed by atoms with E-state index in [0.29, 0.717) is 6.42 Å². The smallest absolute Gasteiger partial charge is 0.220 e. The summed E-state index contributed by atoms with van der Waals surface area (Å²) in [5, 5.41) is 85.8. The van der Waals surface area contributed by atoms with Crippen LogP contribution in [0.25, 0.3) is 0 Å². The molecular weight excluding hydrogens is 678 g/mol. The highest BCUT2D eigenvalue weighted by molar-refractivity contribution is 5.76. The first kappa shape index (κ1) is 46.9. The third kappa shape index (κ3) is 16.6. The van der Waals surface area contributed by atoms with Gasteiger partial charge in [-0.3, -0.25) is 4.79 Å². The Morgan fingerprint density at radius 2 is 1.19 bits per heavy atom. The lowest BCUT2D eigenvalue weighted by atomic mass is 9.97. The number of allylic oxidation sites excluding steroid dienone is 1. The van der Waals surface area contributed by atoms with Crippen LogP contribution in [0.4, 0.5) is 0 Å². The lowest BCUT2D eigenvalue weighted by molar-refractivity contribution is -0.359. The Kier molecular flexibility index (Phi) is 24.6. The molecule has 0 aromatic heterocycles. The van der Waals surface area contributed by atoms with Crippen molar-refractivity contribution < 1.29 is 64.6 Å². The molecule has 0 bridgehead atoms. The lowest BCUT2D eigenvalue weighted by Crippen LogP contribution is -2.65. The second-order valence-electron chi connectivity index (χ2n) is 14.4. The fourth-order valence-corrected chi connectivity index (χ4v) is 6.58. The Labute approximate surface area is 310 Å². The van der Waals surface area contributed by atoms with Crippen LogP contribution in [0.2, 0.25) is 0 Å².